The minimum Gasteiger partial charge on any atom is -0.469 e. The molecule has 1 N–H and O–H groups in total. The van der Waals surface area contributed by atoms with Gasteiger partial charge < -0.3 is 15.0 Å². The number of hydrogen-bond acceptors (Lipinski definition) is 8. The predicted molar refractivity (Wildman–Crippen MR) is 137 cm³/mol. The Hall–Kier alpha value is -3.26. The summed E-state index contributed by atoms with van der Waals surface area (Å²) in [6.45, 7) is 14.7. The predicted octanol–water partition coefficient (Wildman–Crippen LogP) is 3.51. The molecule has 1 aromatic rings. The Labute approximate surface area is 202 Å². The van der Waals surface area contributed by atoms with E-state index in [1.807, 2.05) is 32.0 Å². The third-order valence-electron chi connectivity index (χ3n) is 6.29. The smallest absolute Gasteiger partial charge is 0.311 e. The van der Waals surface area contributed by atoms with Crippen molar-refractivity contribution in [1.82, 2.24) is 9.80 Å². The number of benzene rings is 1. The fourth-order valence-corrected chi connectivity index (χ4v) is 4.43. The number of anilines is 1. The molecule has 0 aromatic heterocycles. The van der Waals surface area contributed by atoms with E-state index < -0.39 is 0 Å². The molecule has 34 heavy (non-hydrogen) atoms. The fourth-order valence-electron chi connectivity index (χ4n) is 4.43. The molecule has 0 spiro atoms. The Morgan fingerprint density at radius 2 is 1.91 bits per heavy atom. The highest BCUT2D eigenvalue weighted by Crippen LogP contribution is 2.26. The first-order valence-corrected chi connectivity index (χ1v) is 11.7. The summed E-state index contributed by atoms with van der Waals surface area (Å²) in [5.41, 5.74) is 6.32. The van der Waals surface area contributed by atoms with Gasteiger partial charge in [-0.05, 0) is 33.0 Å². The minimum absolute atomic E-state index is 0.00676. The van der Waals surface area contributed by atoms with Crippen molar-refractivity contribution in [2.24, 2.45) is 9.98 Å². The Balaban J connectivity index is 1.52. The number of Topliss-reactive ketones (excluding diaryl/α,β-unsaturated/α-hetero) is 1. The SMILES string of the molecule is C=CNc1c(C(C)=O)cccc1C(C)=NCCN1CCN(C2=C(C)N=C(CC(=O)OC)C2)CC1. The maximum absolute atomic E-state index is 12.0. The van der Waals surface area contributed by atoms with Crippen LogP contribution in [0.15, 0.2) is 52.4 Å². The lowest BCUT2D eigenvalue weighted by molar-refractivity contribution is -0.139. The van der Waals surface area contributed by atoms with Crippen LogP contribution in [0.25, 0.3) is 0 Å². The van der Waals surface area contributed by atoms with E-state index in [0.717, 1.165) is 67.5 Å². The molecule has 0 radical (unpaired) electrons. The van der Waals surface area contributed by atoms with E-state index in [9.17, 15) is 9.59 Å². The number of carbonyl (C=O) groups is 2. The number of ether oxygens (including phenoxy) is 1. The van der Waals surface area contributed by atoms with Crippen molar-refractivity contribution >= 4 is 28.9 Å². The second-order valence-electron chi connectivity index (χ2n) is 8.57. The molecule has 0 atom stereocenters. The molecule has 1 aromatic carbocycles. The van der Waals surface area contributed by atoms with Crippen molar-refractivity contribution < 1.29 is 14.3 Å². The van der Waals surface area contributed by atoms with Gasteiger partial charge in [0.05, 0.1) is 31.5 Å². The molecule has 1 saturated heterocycles. The molecule has 8 heteroatoms. The highest BCUT2D eigenvalue weighted by molar-refractivity contribution is 6.09. The van der Waals surface area contributed by atoms with Crippen LogP contribution in [0, 0.1) is 0 Å². The molecular weight excluding hydrogens is 430 g/mol. The van der Waals surface area contributed by atoms with E-state index in [2.05, 4.69) is 26.7 Å². The maximum Gasteiger partial charge on any atom is 0.311 e. The van der Waals surface area contributed by atoms with E-state index >= 15 is 0 Å². The van der Waals surface area contributed by atoms with Crippen LogP contribution in [0.5, 0.6) is 0 Å². The molecule has 8 nitrogen and oxygen atoms in total. The van der Waals surface area contributed by atoms with Crippen molar-refractivity contribution in [3.8, 4) is 0 Å². The number of para-hydroxylation sites is 1. The number of aliphatic imine (C=N–C) groups is 2. The number of esters is 1. The summed E-state index contributed by atoms with van der Waals surface area (Å²) in [5.74, 6) is -0.235. The Bertz CT molecular complexity index is 1030. The lowest BCUT2D eigenvalue weighted by atomic mass is 10.0. The number of carbonyl (C=O) groups excluding carboxylic acids is 2. The van der Waals surface area contributed by atoms with E-state index in [0.29, 0.717) is 12.1 Å². The number of hydrogen-bond donors (Lipinski definition) is 1. The van der Waals surface area contributed by atoms with Gasteiger partial charge in [-0.25, -0.2) is 0 Å². The lowest BCUT2D eigenvalue weighted by Gasteiger charge is -2.36. The lowest BCUT2D eigenvalue weighted by Crippen LogP contribution is -2.46. The van der Waals surface area contributed by atoms with Gasteiger partial charge in [-0.2, -0.15) is 0 Å². The summed E-state index contributed by atoms with van der Waals surface area (Å²) in [5, 5.41) is 3.11. The molecule has 0 bridgehead atoms. The zero-order valence-electron chi connectivity index (χ0n) is 20.7. The number of nitrogens with zero attached hydrogens (tertiary/aromatic N) is 4. The average molecular weight is 466 g/mol. The summed E-state index contributed by atoms with van der Waals surface area (Å²) in [7, 11) is 1.41. The van der Waals surface area contributed by atoms with E-state index in [4.69, 9.17) is 9.73 Å². The zero-order valence-corrected chi connectivity index (χ0v) is 20.7. The summed E-state index contributed by atoms with van der Waals surface area (Å²) >= 11 is 0. The third kappa shape index (κ3) is 6.20. The van der Waals surface area contributed by atoms with Gasteiger partial charge in [0.1, 0.15) is 0 Å². The number of ketones is 1. The van der Waals surface area contributed by atoms with Crippen molar-refractivity contribution in [2.75, 3.05) is 51.7 Å². The number of allylic oxidation sites excluding steroid dienone is 2. The third-order valence-corrected chi connectivity index (χ3v) is 6.29. The molecule has 0 amide bonds. The van der Waals surface area contributed by atoms with Crippen molar-refractivity contribution in [1.29, 1.82) is 0 Å². The number of piperazine rings is 1. The van der Waals surface area contributed by atoms with Gasteiger partial charge in [0.15, 0.2) is 5.78 Å². The molecule has 2 aliphatic heterocycles. The molecule has 0 saturated carbocycles. The molecule has 2 aliphatic rings. The van der Waals surface area contributed by atoms with Crippen LogP contribution >= 0.6 is 0 Å². The summed E-state index contributed by atoms with van der Waals surface area (Å²) in [6, 6.07) is 5.68. The quantitative estimate of drug-likeness (QED) is 0.323. The highest BCUT2D eigenvalue weighted by atomic mass is 16.5. The molecule has 3 rings (SSSR count). The molecule has 0 aliphatic carbocycles. The topological polar surface area (TPSA) is 86.6 Å². The van der Waals surface area contributed by atoms with Crippen molar-refractivity contribution in [3.05, 3.63) is 53.5 Å². The van der Waals surface area contributed by atoms with Gasteiger partial charge in [0, 0.05) is 67.4 Å². The molecule has 182 valence electrons. The van der Waals surface area contributed by atoms with Crippen molar-refractivity contribution in [3.63, 3.8) is 0 Å². The normalized spacial score (nSPS) is 17.0. The average Bonchev–Trinajstić information content (AvgIpc) is 3.19. The highest BCUT2D eigenvalue weighted by Gasteiger charge is 2.25. The second kappa shape index (κ2) is 11.7. The summed E-state index contributed by atoms with van der Waals surface area (Å²) in [6.07, 6.45) is 2.57. The van der Waals surface area contributed by atoms with E-state index in [1.54, 1.807) is 13.1 Å². The van der Waals surface area contributed by atoms with E-state index in [-0.39, 0.29) is 18.2 Å². The maximum atomic E-state index is 12.0. The molecular formula is C26H35N5O3. The second-order valence-corrected chi connectivity index (χ2v) is 8.57. The first-order chi connectivity index (χ1) is 16.3. The number of methoxy groups -OCH3 is 1. The van der Waals surface area contributed by atoms with E-state index in [1.165, 1.54) is 12.8 Å². The summed E-state index contributed by atoms with van der Waals surface area (Å²) < 4.78 is 4.77. The van der Waals surface area contributed by atoms with Crippen LogP contribution in [0.3, 0.4) is 0 Å². The van der Waals surface area contributed by atoms with Crippen LogP contribution in [0.2, 0.25) is 0 Å². The first-order valence-electron chi connectivity index (χ1n) is 11.7. The summed E-state index contributed by atoms with van der Waals surface area (Å²) in [4.78, 5) is 37.7. The Morgan fingerprint density at radius 3 is 2.56 bits per heavy atom. The zero-order chi connectivity index (χ0) is 24.7. The monoisotopic (exact) mass is 465 g/mol. The van der Waals surface area contributed by atoms with Gasteiger partial charge in [-0.15, -0.1) is 0 Å². The Kier molecular flexibility index (Phi) is 8.76. The number of rotatable bonds is 10. The van der Waals surface area contributed by atoms with Gasteiger partial charge in [-0.3, -0.25) is 24.5 Å². The Morgan fingerprint density at radius 1 is 1.21 bits per heavy atom. The molecule has 0 unspecified atom stereocenters. The van der Waals surface area contributed by atoms with Gasteiger partial charge >= 0.3 is 5.97 Å². The van der Waals surface area contributed by atoms with Crippen LogP contribution < -0.4 is 5.32 Å². The first kappa shape index (κ1) is 25.4. The van der Waals surface area contributed by atoms with Crippen molar-refractivity contribution in [2.45, 2.75) is 33.6 Å². The fraction of sp³-hybridized carbons (Fsp3) is 0.462. The van der Waals surface area contributed by atoms with Gasteiger partial charge in [0.25, 0.3) is 0 Å². The largest absolute Gasteiger partial charge is 0.469 e. The molecule has 1 fully saturated rings. The standard InChI is InChI=1S/C26H35N5O3/c1-6-27-26-22(8-7-9-23(26)20(4)32)18(2)28-10-11-30-12-14-31(15-13-30)24-16-21(29-19(24)3)17-25(33)34-5/h6-9,27H,1,10-17H2,2-5H3. The number of nitrogens with one attached hydrogen (secondary N) is 1. The van der Waals surface area contributed by atoms with Gasteiger partial charge in [0.2, 0.25) is 0 Å². The van der Waals surface area contributed by atoms with Crippen LogP contribution in [-0.4, -0.2) is 79.4 Å². The van der Waals surface area contributed by atoms with Crippen LogP contribution in [0.1, 0.15) is 49.5 Å². The molecule has 2 heterocycles. The van der Waals surface area contributed by atoms with Crippen LogP contribution in [-0.2, 0) is 9.53 Å². The van der Waals surface area contributed by atoms with Gasteiger partial charge in [-0.1, -0.05) is 18.7 Å². The van der Waals surface area contributed by atoms with Crippen LogP contribution in [0.4, 0.5) is 5.69 Å². The minimum atomic E-state index is -0.242.